The summed E-state index contributed by atoms with van der Waals surface area (Å²) < 4.78 is 7.10. The first-order valence-electron chi connectivity index (χ1n) is 6.22. The lowest BCUT2D eigenvalue weighted by atomic mass is 10.2. The zero-order chi connectivity index (χ0) is 12.4. The number of aromatic nitrogens is 2. The number of amides is 2. The number of ether oxygens (including phenoxy) is 1. The molecule has 2 N–H and O–H groups in total. The third-order valence-corrected chi connectivity index (χ3v) is 3.31. The Morgan fingerprint density at radius 2 is 2.22 bits per heavy atom. The van der Waals surface area contributed by atoms with Crippen molar-refractivity contribution in [2.75, 3.05) is 44.7 Å². The van der Waals surface area contributed by atoms with Gasteiger partial charge in [0.25, 0.3) is 0 Å². The standard InChI is InChI=1S/C11H17N5O2/c17-11(15-3-5-18-6-4-15)14-10-1-2-13-16(10)9-7-12-8-9/h1-2,9,12H,3-8H2,(H,14,17). The van der Waals surface area contributed by atoms with Gasteiger partial charge in [0.05, 0.1) is 25.5 Å². The predicted molar refractivity (Wildman–Crippen MR) is 65.5 cm³/mol. The fourth-order valence-corrected chi connectivity index (χ4v) is 2.11. The first-order chi connectivity index (χ1) is 8.84. The maximum Gasteiger partial charge on any atom is 0.323 e. The van der Waals surface area contributed by atoms with Crippen molar-refractivity contribution in [2.24, 2.45) is 0 Å². The number of nitrogens with one attached hydrogen (secondary N) is 2. The van der Waals surface area contributed by atoms with Crippen molar-refractivity contribution in [3.05, 3.63) is 12.3 Å². The normalized spacial score (nSPS) is 20.6. The highest BCUT2D eigenvalue weighted by atomic mass is 16.5. The van der Waals surface area contributed by atoms with Crippen LogP contribution in [0.15, 0.2) is 12.3 Å². The van der Waals surface area contributed by atoms with Gasteiger partial charge in [-0.25, -0.2) is 9.48 Å². The van der Waals surface area contributed by atoms with Gasteiger partial charge < -0.3 is 15.0 Å². The molecule has 2 saturated heterocycles. The van der Waals surface area contributed by atoms with E-state index < -0.39 is 0 Å². The van der Waals surface area contributed by atoms with Crippen LogP contribution in [0.1, 0.15) is 6.04 Å². The molecule has 0 bridgehead atoms. The number of carbonyl (C=O) groups is 1. The molecule has 1 aromatic rings. The van der Waals surface area contributed by atoms with Gasteiger partial charge >= 0.3 is 6.03 Å². The molecule has 18 heavy (non-hydrogen) atoms. The molecular formula is C11H17N5O2. The second kappa shape index (κ2) is 4.95. The van der Waals surface area contributed by atoms with Crippen molar-refractivity contribution in [1.29, 1.82) is 0 Å². The molecule has 98 valence electrons. The van der Waals surface area contributed by atoms with Crippen LogP contribution in [-0.4, -0.2) is 60.1 Å². The van der Waals surface area contributed by atoms with E-state index in [1.54, 1.807) is 11.1 Å². The summed E-state index contributed by atoms with van der Waals surface area (Å²) in [6.07, 6.45) is 1.72. The third kappa shape index (κ3) is 2.19. The molecule has 0 spiro atoms. The average Bonchev–Trinajstić information content (AvgIpc) is 2.76. The number of carbonyl (C=O) groups excluding carboxylic acids is 1. The van der Waals surface area contributed by atoms with Gasteiger partial charge in [0.15, 0.2) is 0 Å². The summed E-state index contributed by atoms with van der Waals surface area (Å²) in [4.78, 5) is 13.8. The Morgan fingerprint density at radius 1 is 1.44 bits per heavy atom. The van der Waals surface area contributed by atoms with Gasteiger partial charge in [0, 0.05) is 32.2 Å². The summed E-state index contributed by atoms with van der Waals surface area (Å²) in [5.74, 6) is 0.762. The maximum atomic E-state index is 12.0. The number of nitrogens with zero attached hydrogens (tertiary/aromatic N) is 3. The molecule has 0 aliphatic carbocycles. The Bertz CT molecular complexity index is 423. The highest BCUT2D eigenvalue weighted by Gasteiger charge is 2.23. The van der Waals surface area contributed by atoms with Gasteiger partial charge in [0.1, 0.15) is 5.82 Å². The summed E-state index contributed by atoms with van der Waals surface area (Å²) in [6.45, 7) is 4.32. The van der Waals surface area contributed by atoms with Gasteiger partial charge in [-0.05, 0) is 0 Å². The Labute approximate surface area is 105 Å². The number of anilines is 1. The van der Waals surface area contributed by atoms with E-state index in [1.165, 1.54) is 0 Å². The number of morpholine rings is 1. The average molecular weight is 251 g/mol. The molecule has 0 saturated carbocycles. The molecule has 0 unspecified atom stereocenters. The molecule has 3 heterocycles. The molecule has 7 nitrogen and oxygen atoms in total. The first kappa shape index (κ1) is 11.5. The number of hydrogen-bond acceptors (Lipinski definition) is 4. The first-order valence-corrected chi connectivity index (χ1v) is 6.22. The lowest BCUT2D eigenvalue weighted by molar-refractivity contribution is 0.0564. The van der Waals surface area contributed by atoms with Crippen LogP contribution in [0.5, 0.6) is 0 Å². The van der Waals surface area contributed by atoms with E-state index in [-0.39, 0.29) is 6.03 Å². The summed E-state index contributed by atoms with van der Waals surface area (Å²) in [5, 5.41) is 10.4. The van der Waals surface area contributed by atoms with E-state index in [1.807, 2.05) is 10.7 Å². The van der Waals surface area contributed by atoms with Crippen LogP contribution in [0.2, 0.25) is 0 Å². The van der Waals surface area contributed by atoms with Crippen molar-refractivity contribution >= 4 is 11.8 Å². The zero-order valence-electron chi connectivity index (χ0n) is 10.1. The van der Waals surface area contributed by atoms with E-state index in [9.17, 15) is 4.79 Å². The molecule has 0 radical (unpaired) electrons. The van der Waals surface area contributed by atoms with Crippen LogP contribution in [0, 0.1) is 0 Å². The minimum atomic E-state index is -0.0765. The van der Waals surface area contributed by atoms with E-state index >= 15 is 0 Å². The molecule has 0 aromatic carbocycles. The highest BCUT2D eigenvalue weighted by Crippen LogP contribution is 2.17. The lowest BCUT2D eigenvalue weighted by Crippen LogP contribution is -2.46. The topological polar surface area (TPSA) is 71.4 Å². The molecule has 2 aliphatic heterocycles. The molecule has 0 atom stereocenters. The minimum absolute atomic E-state index is 0.0765. The van der Waals surface area contributed by atoms with Crippen LogP contribution < -0.4 is 10.6 Å². The number of hydrogen-bond donors (Lipinski definition) is 2. The van der Waals surface area contributed by atoms with Gasteiger partial charge in [-0.3, -0.25) is 5.32 Å². The quantitative estimate of drug-likeness (QED) is 0.769. The van der Waals surface area contributed by atoms with E-state index in [4.69, 9.17) is 4.74 Å². The molecule has 2 fully saturated rings. The Hall–Kier alpha value is -1.60. The van der Waals surface area contributed by atoms with Crippen molar-refractivity contribution in [1.82, 2.24) is 20.0 Å². The van der Waals surface area contributed by atoms with Crippen LogP contribution in [-0.2, 0) is 4.74 Å². The monoisotopic (exact) mass is 251 g/mol. The van der Waals surface area contributed by atoms with Crippen molar-refractivity contribution in [3.63, 3.8) is 0 Å². The summed E-state index contributed by atoms with van der Waals surface area (Å²) in [7, 11) is 0. The third-order valence-electron chi connectivity index (χ3n) is 3.31. The fraction of sp³-hybridized carbons (Fsp3) is 0.636. The highest BCUT2D eigenvalue weighted by molar-refractivity contribution is 5.88. The Morgan fingerprint density at radius 3 is 2.89 bits per heavy atom. The van der Waals surface area contributed by atoms with Gasteiger partial charge in [0.2, 0.25) is 0 Å². The molecular weight excluding hydrogens is 234 g/mol. The molecule has 7 heteroatoms. The largest absolute Gasteiger partial charge is 0.378 e. The Balaban J connectivity index is 1.64. The minimum Gasteiger partial charge on any atom is -0.378 e. The van der Waals surface area contributed by atoms with Crippen molar-refractivity contribution in [3.8, 4) is 0 Å². The SMILES string of the molecule is O=C(Nc1ccnn1C1CNC1)N1CCOCC1. The smallest absolute Gasteiger partial charge is 0.323 e. The maximum absolute atomic E-state index is 12.0. The summed E-state index contributed by atoms with van der Waals surface area (Å²) in [6, 6.07) is 2.10. The van der Waals surface area contributed by atoms with Crippen LogP contribution in [0.25, 0.3) is 0 Å². The van der Waals surface area contributed by atoms with Crippen LogP contribution in [0.4, 0.5) is 10.6 Å². The second-order valence-electron chi connectivity index (χ2n) is 4.50. The van der Waals surface area contributed by atoms with Crippen molar-refractivity contribution in [2.45, 2.75) is 6.04 Å². The molecule has 2 amide bonds. The molecule has 1 aromatic heterocycles. The lowest BCUT2D eigenvalue weighted by Gasteiger charge is -2.30. The fourth-order valence-electron chi connectivity index (χ4n) is 2.11. The van der Waals surface area contributed by atoms with Crippen LogP contribution in [0.3, 0.4) is 0 Å². The summed E-state index contributed by atoms with van der Waals surface area (Å²) >= 11 is 0. The Kier molecular flexibility index (Phi) is 3.16. The number of urea groups is 1. The van der Waals surface area contributed by atoms with Crippen molar-refractivity contribution < 1.29 is 9.53 Å². The van der Waals surface area contributed by atoms with E-state index in [0.29, 0.717) is 32.3 Å². The zero-order valence-corrected chi connectivity index (χ0v) is 10.1. The van der Waals surface area contributed by atoms with Crippen LogP contribution >= 0.6 is 0 Å². The second-order valence-corrected chi connectivity index (χ2v) is 4.50. The van der Waals surface area contributed by atoms with E-state index in [2.05, 4.69) is 15.7 Å². The predicted octanol–water partition coefficient (Wildman–Crippen LogP) is -0.108. The van der Waals surface area contributed by atoms with E-state index in [0.717, 1.165) is 18.9 Å². The molecule has 2 aliphatic rings. The van der Waals surface area contributed by atoms with Gasteiger partial charge in [-0.2, -0.15) is 5.10 Å². The number of rotatable bonds is 2. The molecule has 3 rings (SSSR count). The van der Waals surface area contributed by atoms with Gasteiger partial charge in [-0.1, -0.05) is 0 Å². The van der Waals surface area contributed by atoms with Gasteiger partial charge in [-0.15, -0.1) is 0 Å². The summed E-state index contributed by atoms with van der Waals surface area (Å²) in [5.41, 5.74) is 0.